The number of anilines is 1. The molecule has 0 amide bonds. The molecule has 1 fully saturated rings. The van der Waals surface area contributed by atoms with Gasteiger partial charge < -0.3 is 19.7 Å². The lowest BCUT2D eigenvalue weighted by Crippen LogP contribution is -2.43. The van der Waals surface area contributed by atoms with Gasteiger partial charge in [0.05, 0.1) is 18.9 Å². The Morgan fingerprint density at radius 3 is 2.58 bits per heavy atom. The molecule has 0 bridgehead atoms. The first-order chi connectivity index (χ1) is 11.8. The summed E-state index contributed by atoms with van der Waals surface area (Å²) in [5, 5.41) is 3.39. The van der Waals surface area contributed by atoms with Crippen molar-refractivity contribution in [1.82, 2.24) is 5.32 Å². The minimum atomic E-state index is 0.564. The highest BCUT2D eigenvalue weighted by Gasteiger charge is 2.15. The molecular formula is C20H26N2O2. The molecule has 0 aliphatic carbocycles. The number of aryl methyl sites for hydroxylation is 1. The van der Waals surface area contributed by atoms with Crippen molar-refractivity contribution < 1.29 is 9.47 Å². The molecule has 2 aromatic carbocycles. The van der Waals surface area contributed by atoms with Crippen molar-refractivity contribution in [2.45, 2.75) is 13.5 Å². The second-order valence-corrected chi connectivity index (χ2v) is 6.09. The van der Waals surface area contributed by atoms with Crippen molar-refractivity contribution in [2.24, 2.45) is 0 Å². The predicted octanol–water partition coefficient (Wildman–Crippen LogP) is 3.00. The Morgan fingerprint density at radius 2 is 1.79 bits per heavy atom. The third kappa shape index (κ3) is 4.73. The van der Waals surface area contributed by atoms with Gasteiger partial charge in [-0.3, -0.25) is 0 Å². The van der Waals surface area contributed by atoms with Gasteiger partial charge in [0.1, 0.15) is 12.4 Å². The molecule has 1 N–H and O–H groups in total. The maximum atomic E-state index is 6.00. The van der Waals surface area contributed by atoms with Crippen LogP contribution in [0.2, 0.25) is 0 Å². The Balaban J connectivity index is 1.51. The normalized spacial score (nSPS) is 14.6. The molecule has 0 radical (unpaired) electrons. The van der Waals surface area contributed by atoms with Crippen molar-refractivity contribution in [3.05, 3.63) is 59.7 Å². The zero-order chi connectivity index (χ0) is 16.6. The molecule has 4 heteroatoms. The van der Waals surface area contributed by atoms with E-state index in [2.05, 4.69) is 47.5 Å². The van der Waals surface area contributed by atoms with Gasteiger partial charge in [-0.25, -0.2) is 0 Å². The Hall–Kier alpha value is -2.04. The summed E-state index contributed by atoms with van der Waals surface area (Å²) in [6, 6.07) is 16.6. The first-order valence-electron chi connectivity index (χ1n) is 8.64. The van der Waals surface area contributed by atoms with Gasteiger partial charge in [0, 0.05) is 26.2 Å². The highest BCUT2D eigenvalue weighted by atomic mass is 16.5. The third-order valence-corrected chi connectivity index (χ3v) is 4.17. The van der Waals surface area contributed by atoms with E-state index in [1.807, 2.05) is 18.2 Å². The number of nitrogens with one attached hydrogen (secondary N) is 1. The molecule has 0 aromatic heterocycles. The fourth-order valence-electron chi connectivity index (χ4n) is 2.88. The Bertz CT molecular complexity index is 625. The largest absolute Gasteiger partial charge is 0.489 e. The average Bonchev–Trinajstić information content (AvgIpc) is 2.64. The highest BCUT2D eigenvalue weighted by molar-refractivity contribution is 5.60. The summed E-state index contributed by atoms with van der Waals surface area (Å²) in [5.41, 5.74) is 3.64. The van der Waals surface area contributed by atoms with E-state index in [1.54, 1.807) is 0 Å². The van der Waals surface area contributed by atoms with E-state index in [0.29, 0.717) is 19.8 Å². The minimum absolute atomic E-state index is 0.564. The summed E-state index contributed by atoms with van der Waals surface area (Å²) in [7, 11) is 0. The quantitative estimate of drug-likeness (QED) is 0.793. The van der Waals surface area contributed by atoms with Crippen LogP contribution in [-0.4, -0.2) is 39.4 Å². The average molecular weight is 326 g/mol. The highest BCUT2D eigenvalue weighted by Crippen LogP contribution is 2.29. The van der Waals surface area contributed by atoms with Crippen LogP contribution in [0.3, 0.4) is 0 Å². The lowest BCUT2D eigenvalue weighted by molar-refractivity contribution is 0.0890. The number of ether oxygens (including phenoxy) is 2. The molecule has 0 saturated carbocycles. The second kappa shape index (κ2) is 8.71. The smallest absolute Gasteiger partial charge is 0.142 e. The van der Waals surface area contributed by atoms with Gasteiger partial charge in [0.15, 0.2) is 0 Å². The molecule has 1 aliphatic rings. The molecule has 0 unspecified atom stereocenters. The first kappa shape index (κ1) is 16.8. The SMILES string of the molecule is Cc1ccc(OCCOCc2ccccc2)c(N2CCNCC2)c1. The van der Waals surface area contributed by atoms with Crippen LogP contribution in [0.5, 0.6) is 5.75 Å². The van der Waals surface area contributed by atoms with Crippen molar-refractivity contribution in [3.63, 3.8) is 0 Å². The Morgan fingerprint density at radius 1 is 1.00 bits per heavy atom. The summed E-state index contributed by atoms with van der Waals surface area (Å²) < 4.78 is 11.7. The Labute approximate surface area is 144 Å². The third-order valence-electron chi connectivity index (χ3n) is 4.17. The van der Waals surface area contributed by atoms with Crippen LogP contribution in [0.25, 0.3) is 0 Å². The Kier molecular flexibility index (Phi) is 6.10. The van der Waals surface area contributed by atoms with Gasteiger partial charge in [0.25, 0.3) is 0 Å². The number of piperazine rings is 1. The summed E-state index contributed by atoms with van der Waals surface area (Å²) in [5.74, 6) is 0.950. The van der Waals surface area contributed by atoms with E-state index in [1.165, 1.54) is 16.8 Å². The molecule has 4 nitrogen and oxygen atoms in total. The molecule has 1 saturated heterocycles. The summed E-state index contributed by atoms with van der Waals surface area (Å²) >= 11 is 0. The van der Waals surface area contributed by atoms with Crippen LogP contribution in [0, 0.1) is 6.92 Å². The molecule has 128 valence electrons. The van der Waals surface area contributed by atoms with E-state index in [0.717, 1.165) is 31.9 Å². The molecule has 2 aromatic rings. The van der Waals surface area contributed by atoms with Crippen molar-refractivity contribution in [1.29, 1.82) is 0 Å². The zero-order valence-corrected chi connectivity index (χ0v) is 14.3. The van der Waals surface area contributed by atoms with Crippen LogP contribution >= 0.6 is 0 Å². The second-order valence-electron chi connectivity index (χ2n) is 6.09. The predicted molar refractivity (Wildman–Crippen MR) is 97.9 cm³/mol. The van der Waals surface area contributed by atoms with Crippen molar-refractivity contribution in [2.75, 3.05) is 44.3 Å². The maximum absolute atomic E-state index is 6.00. The van der Waals surface area contributed by atoms with Crippen molar-refractivity contribution in [3.8, 4) is 5.75 Å². The van der Waals surface area contributed by atoms with Crippen LogP contribution in [0.4, 0.5) is 5.69 Å². The number of hydrogen-bond acceptors (Lipinski definition) is 4. The molecule has 1 heterocycles. The van der Waals surface area contributed by atoms with Crippen LogP contribution in [0.1, 0.15) is 11.1 Å². The standard InChI is InChI=1S/C20H26N2O2/c1-17-7-8-20(19(15-17)22-11-9-21-10-12-22)24-14-13-23-16-18-5-3-2-4-6-18/h2-8,15,21H,9-14,16H2,1H3. The van der Waals surface area contributed by atoms with Crippen LogP contribution < -0.4 is 15.0 Å². The molecule has 0 atom stereocenters. The van der Waals surface area contributed by atoms with Gasteiger partial charge in [0.2, 0.25) is 0 Å². The minimum Gasteiger partial charge on any atom is -0.489 e. The van der Waals surface area contributed by atoms with E-state index in [9.17, 15) is 0 Å². The summed E-state index contributed by atoms with van der Waals surface area (Å²) in [6.45, 7) is 7.98. The van der Waals surface area contributed by atoms with Gasteiger partial charge in [-0.15, -0.1) is 0 Å². The molecule has 3 rings (SSSR count). The van der Waals surface area contributed by atoms with Gasteiger partial charge in [-0.1, -0.05) is 36.4 Å². The summed E-state index contributed by atoms with van der Waals surface area (Å²) in [4.78, 5) is 2.39. The van der Waals surface area contributed by atoms with E-state index in [4.69, 9.17) is 9.47 Å². The zero-order valence-electron chi connectivity index (χ0n) is 14.3. The van der Waals surface area contributed by atoms with Gasteiger partial charge >= 0.3 is 0 Å². The monoisotopic (exact) mass is 326 g/mol. The molecule has 24 heavy (non-hydrogen) atoms. The van der Waals surface area contributed by atoms with Crippen molar-refractivity contribution >= 4 is 5.69 Å². The van der Waals surface area contributed by atoms with Crippen LogP contribution in [0.15, 0.2) is 48.5 Å². The fraction of sp³-hybridized carbons (Fsp3) is 0.400. The molecular weight excluding hydrogens is 300 g/mol. The van der Waals surface area contributed by atoms with Gasteiger partial charge in [-0.05, 0) is 30.2 Å². The summed E-state index contributed by atoms with van der Waals surface area (Å²) in [6.07, 6.45) is 0. The fourth-order valence-corrected chi connectivity index (χ4v) is 2.88. The van der Waals surface area contributed by atoms with E-state index in [-0.39, 0.29) is 0 Å². The number of benzene rings is 2. The molecule has 0 spiro atoms. The molecule has 1 aliphatic heterocycles. The maximum Gasteiger partial charge on any atom is 0.142 e. The number of hydrogen-bond donors (Lipinski definition) is 1. The topological polar surface area (TPSA) is 33.7 Å². The number of rotatable bonds is 7. The lowest BCUT2D eigenvalue weighted by Gasteiger charge is -2.31. The lowest BCUT2D eigenvalue weighted by atomic mass is 10.1. The van der Waals surface area contributed by atoms with Crippen LogP contribution in [-0.2, 0) is 11.3 Å². The first-order valence-corrected chi connectivity index (χ1v) is 8.64. The van der Waals surface area contributed by atoms with E-state index >= 15 is 0 Å². The van der Waals surface area contributed by atoms with Gasteiger partial charge in [-0.2, -0.15) is 0 Å². The van der Waals surface area contributed by atoms with E-state index < -0.39 is 0 Å². The number of nitrogens with zero attached hydrogens (tertiary/aromatic N) is 1.